The van der Waals surface area contributed by atoms with Crippen molar-refractivity contribution in [1.82, 2.24) is 5.32 Å². The van der Waals surface area contributed by atoms with Gasteiger partial charge in [0.05, 0.1) is 6.61 Å². The maximum atomic E-state index is 6.04. The lowest BCUT2D eigenvalue weighted by Crippen LogP contribution is -2.43. The van der Waals surface area contributed by atoms with Gasteiger partial charge in [-0.3, -0.25) is 0 Å². The zero-order chi connectivity index (χ0) is 10.3. The van der Waals surface area contributed by atoms with Gasteiger partial charge in [-0.25, -0.2) is 0 Å². The van der Waals surface area contributed by atoms with Gasteiger partial charge >= 0.3 is 0 Å². The minimum atomic E-state index is -0.0443. The summed E-state index contributed by atoms with van der Waals surface area (Å²) in [5, 5.41) is 3.44. The molecule has 2 aliphatic heterocycles. The molecule has 1 aromatic rings. The molecule has 80 valence electrons. The Morgan fingerprint density at radius 3 is 3.13 bits per heavy atom. The Morgan fingerprint density at radius 2 is 2.33 bits per heavy atom. The second-order valence-electron chi connectivity index (χ2n) is 4.33. The van der Waals surface area contributed by atoms with Crippen LogP contribution in [0.15, 0.2) is 22.7 Å². The first kappa shape index (κ1) is 9.82. The molecule has 0 saturated carbocycles. The predicted octanol–water partition coefficient (Wildman–Crippen LogP) is 2.56. The highest BCUT2D eigenvalue weighted by molar-refractivity contribution is 9.10. The second-order valence-corrected chi connectivity index (χ2v) is 5.18. The zero-order valence-electron chi connectivity index (χ0n) is 8.55. The quantitative estimate of drug-likeness (QED) is 0.780. The van der Waals surface area contributed by atoms with E-state index in [1.807, 2.05) is 0 Å². The van der Waals surface area contributed by atoms with Crippen LogP contribution in [-0.2, 0) is 16.9 Å². The molecule has 2 nitrogen and oxygen atoms in total. The van der Waals surface area contributed by atoms with E-state index in [1.54, 1.807) is 0 Å². The molecule has 0 aliphatic carbocycles. The number of hydrogen-bond donors (Lipinski definition) is 1. The summed E-state index contributed by atoms with van der Waals surface area (Å²) >= 11 is 3.60. The number of halogens is 1. The van der Waals surface area contributed by atoms with Crippen molar-refractivity contribution in [1.29, 1.82) is 0 Å². The fourth-order valence-corrected chi connectivity index (χ4v) is 3.13. The molecule has 0 bridgehead atoms. The molecule has 3 rings (SSSR count). The highest BCUT2D eigenvalue weighted by Gasteiger charge is 2.41. The summed E-state index contributed by atoms with van der Waals surface area (Å²) in [6.07, 6.45) is 2.34. The molecule has 2 aliphatic rings. The molecule has 15 heavy (non-hydrogen) atoms. The highest BCUT2D eigenvalue weighted by atomic mass is 79.9. The van der Waals surface area contributed by atoms with Crippen LogP contribution < -0.4 is 5.32 Å². The first-order valence-corrected chi connectivity index (χ1v) is 6.24. The Balaban J connectivity index is 2.06. The van der Waals surface area contributed by atoms with Crippen LogP contribution in [0, 0.1) is 0 Å². The van der Waals surface area contributed by atoms with Crippen molar-refractivity contribution in [3.8, 4) is 0 Å². The van der Waals surface area contributed by atoms with Gasteiger partial charge in [-0.2, -0.15) is 0 Å². The van der Waals surface area contributed by atoms with E-state index in [2.05, 4.69) is 39.4 Å². The molecule has 1 unspecified atom stereocenters. The number of piperidine rings is 1. The first-order chi connectivity index (χ1) is 7.32. The summed E-state index contributed by atoms with van der Waals surface area (Å²) in [5.41, 5.74) is 2.67. The molecular weight excluding hydrogens is 254 g/mol. The third kappa shape index (κ3) is 1.45. The van der Waals surface area contributed by atoms with Crippen molar-refractivity contribution in [2.75, 3.05) is 13.1 Å². The third-order valence-electron chi connectivity index (χ3n) is 3.45. The molecule has 0 aromatic heterocycles. The van der Waals surface area contributed by atoms with Crippen molar-refractivity contribution in [3.63, 3.8) is 0 Å². The number of benzene rings is 1. The standard InChI is InChI=1S/C12H14BrNO/c13-11-4-1-3-10-9(11)7-15-12(10)5-2-6-14-8-12/h1,3-4,14H,2,5-8H2. The molecule has 2 heterocycles. The first-order valence-electron chi connectivity index (χ1n) is 5.44. The van der Waals surface area contributed by atoms with Gasteiger partial charge in [-0.05, 0) is 36.6 Å². The zero-order valence-corrected chi connectivity index (χ0v) is 10.1. The van der Waals surface area contributed by atoms with Gasteiger partial charge in [0.2, 0.25) is 0 Å². The SMILES string of the molecule is Brc1cccc2c1COC21CCCNC1. The number of fused-ring (bicyclic) bond motifs is 2. The van der Waals surface area contributed by atoms with Gasteiger partial charge in [0.25, 0.3) is 0 Å². The van der Waals surface area contributed by atoms with Gasteiger partial charge in [0.15, 0.2) is 0 Å². The van der Waals surface area contributed by atoms with Crippen molar-refractivity contribution in [2.45, 2.75) is 25.0 Å². The fraction of sp³-hybridized carbons (Fsp3) is 0.500. The smallest absolute Gasteiger partial charge is 0.106 e. The Bertz CT molecular complexity index is 385. The van der Waals surface area contributed by atoms with Gasteiger partial charge < -0.3 is 10.1 Å². The average Bonchev–Trinajstić information content (AvgIpc) is 2.61. The summed E-state index contributed by atoms with van der Waals surface area (Å²) in [4.78, 5) is 0. The van der Waals surface area contributed by atoms with E-state index in [9.17, 15) is 0 Å². The summed E-state index contributed by atoms with van der Waals surface area (Å²) in [5.74, 6) is 0. The normalized spacial score (nSPS) is 29.4. The topological polar surface area (TPSA) is 21.3 Å². The number of nitrogens with one attached hydrogen (secondary N) is 1. The number of rotatable bonds is 0. The summed E-state index contributed by atoms with van der Waals surface area (Å²) in [7, 11) is 0. The van der Waals surface area contributed by atoms with Gasteiger partial charge in [-0.1, -0.05) is 28.1 Å². The van der Waals surface area contributed by atoms with E-state index in [1.165, 1.54) is 22.0 Å². The van der Waals surface area contributed by atoms with Crippen molar-refractivity contribution >= 4 is 15.9 Å². The molecule has 0 radical (unpaired) electrons. The molecule has 0 amide bonds. The molecule has 1 spiro atoms. The van der Waals surface area contributed by atoms with Crippen LogP contribution in [0.4, 0.5) is 0 Å². The highest BCUT2D eigenvalue weighted by Crippen LogP contribution is 2.43. The largest absolute Gasteiger partial charge is 0.364 e. The lowest BCUT2D eigenvalue weighted by molar-refractivity contribution is -0.0536. The van der Waals surface area contributed by atoms with Crippen LogP contribution in [0.3, 0.4) is 0 Å². The predicted molar refractivity (Wildman–Crippen MR) is 62.7 cm³/mol. The van der Waals surface area contributed by atoms with Crippen LogP contribution in [0.5, 0.6) is 0 Å². The van der Waals surface area contributed by atoms with E-state index in [0.717, 1.165) is 26.1 Å². The summed E-state index contributed by atoms with van der Waals surface area (Å²) < 4.78 is 7.22. The molecule has 1 fully saturated rings. The van der Waals surface area contributed by atoms with Crippen LogP contribution in [0.2, 0.25) is 0 Å². The monoisotopic (exact) mass is 267 g/mol. The van der Waals surface area contributed by atoms with E-state index >= 15 is 0 Å². The Morgan fingerprint density at radius 1 is 1.40 bits per heavy atom. The molecule has 1 saturated heterocycles. The Kier molecular flexibility index (Phi) is 2.34. The summed E-state index contributed by atoms with van der Waals surface area (Å²) in [6.45, 7) is 2.82. The molecule has 1 aromatic carbocycles. The second kappa shape index (κ2) is 3.58. The van der Waals surface area contributed by atoms with E-state index in [0.29, 0.717) is 0 Å². The van der Waals surface area contributed by atoms with Crippen LogP contribution in [0.25, 0.3) is 0 Å². The number of hydrogen-bond acceptors (Lipinski definition) is 2. The minimum Gasteiger partial charge on any atom is -0.364 e. The average molecular weight is 268 g/mol. The van der Waals surface area contributed by atoms with Gasteiger partial charge in [0, 0.05) is 11.0 Å². The van der Waals surface area contributed by atoms with Crippen LogP contribution in [-0.4, -0.2) is 13.1 Å². The number of ether oxygens (including phenoxy) is 1. The summed E-state index contributed by atoms with van der Waals surface area (Å²) in [6, 6.07) is 6.41. The minimum absolute atomic E-state index is 0.0443. The molecule has 3 heteroatoms. The molecular formula is C12H14BrNO. The molecule has 1 N–H and O–H groups in total. The third-order valence-corrected chi connectivity index (χ3v) is 4.19. The van der Waals surface area contributed by atoms with Crippen LogP contribution >= 0.6 is 15.9 Å². The van der Waals surface area contributed by atoms with Crippen molar-refractivity contribution in [3.05, 3.63) is 33.8 Å². The van der Waals surface area contributed by atoms with E-state index in [4.69, 9.17) is 4.74 Å². The van der Waals surface area contributed by atoms with Gasteiger partial charge in [-0.15, -0.1) is 0 Å². The van der Waals surface area contributed by atoms with E-state index in [-0.39, 0.29) is 5.60 Å². The maximum Gasteiger partial charge on any atom is 0.106 e. The van der Waals surface area contributed by atoms with Crippen LogP contribution in [0.1, 0.15) is 24.0 Å². The van der Waals surface area contributed by atoms with E-state index < -0.39 is 0 Å². The molecule has 1 atom stereocenters. The fourth-order valence-electron chi connectivity index (χ4n) is 2.65. The van der Waals surface area contributed by atoms with Gasteiger partial charge in [0.1, 0.15) is 5.60 Å². The van der Waals surface area contributed by atoms with Crippen molar-refractivity contribution in [2.24, 2.45) is 0 Å². The Hall–Kier alpha value is -0.380. The lowest BCUT2D eigenvalue weighted by atomic mass is 9.86. The van der Waals surface area contributed by atoms with Crippen molar-refractivity contribution < 1.29 is 4.74 Å². The maximum absolute atomic E-state index is 6.04. The Labute approximate surface area is 98.1 Å². The lowest BCUT2D eigenvalue weighted by Gasteiger charge is -2.34.